The second kappa shape index (κ2) is 5.36. The van der Waals surface area contributed by atoms with Crippen LogP contribution in [0.2, 0.25) is 0 Å². The van der Waals surface area contributed by atoms with Gasteiger partial charge in [0, 0.05) is 35.8 Å². The minimum Gasteiger partial charge on any atom is -0.476 e. The van der Waals surface area contributed by atoms with Crippen molar-refractivity contribution in [3.63, 3.8) is 0 Å². The van der Waals surface area contributed by atoms with Gasteiger partial charge >= 0.3 is 5.97 Å². The van der Waals surface area contributed by atoms with E-state index in [1.54, 1.807) is 6.08 Å². The first-order chi connectivity index (χ1) is 11.1. The summed E-state index contributed by atoms with van der Waals surface area (Å²) in [5.74, 6) is -0.459. The number of thiazole rings is 1. The Hall–Kier alpha value is -2.38. The molecule has 2 aromatic rings. The van der Waals surface area contributed by atoms with E-state index in [-0.39, 0.29) is 5.69 Å². The first kappa shape index (κ1) is 14.2. The van der Waals surface area contributed by atoms with E-state index >= 15 is 0 Å². The molecule has 2 N–H and O–H groups in total. The number of aliphatic hydroxyl groups excluding tert-OH is 1. The Balaban J connectivity index is 1.69. The van der Waals surface area contributed by atoms with Crippen molar-refractivity contribution >= 4 is 34.6 Å². The van der Waals surface area contributed by atoms with Gasteiger partial charge in [-0.1, -0.05) is 0 Å². The third kappa shape index (κ3) is 2.47. The third-order valence-corrected chi connectivity index (χ3v) is 4.90. The number of aliphatic hydroxyl groups is 1. The molecule has 0 bridgehead atoms. The summed E-state index contributed by atoms with van der Waals surface area (Å²) in [5, 5.41) is 21.1. The van der Waals surface area contributed by atoms with E-state index < -0.39 is 12.3 Å². The smallest absolute Gasteiger partial charge is 0.355 e. The van der Waals surface area contributed by atoms with Gasteiger partial charge in [0.05, 0.1) is 5.57 Å². The second-order valence-corrected chi connectivity index (χ2v) is 6.33. The number of hydrogen-bond acceptors (Lipinski definition) is 6. The zero-order valence-corrected chi connectivity index (χ0v) is 12.9. The summed E-state index contributed by atoms with van der Waals surface area (Å²) >= 11 is 1.18. The van der Waals surface area contributed by atoms with Crippen LogP contribution in [-0.4, -0.2) is 40.5 Å². The van der Waals surface area contributed by atoms with Crippen LogP contribution in [0.15, 0.2) is 23.6 Å². The SMILES string of the molecule is O=C(O)c1csc(C2=Cc3ccc(N4CCC4)cc3OC2O)n1. The Morgan fingerprint density at radius 2 is 2.22 bits per heavy atom. The molecular formula is C16H14N2O4S. The predicted molar refractivity (Wildman–Crippen MR) is 86.9 cm³/mol. The summed E-state index contributed by atoms with van der Waals surface area (Å²) in [6, 6.07) is 5.90. The summed E-state index contributed by atoms with van der Waals surface area (Å²) in [6.07, 6.45) is 1.84. The molecule has 2 aliphatic heterocycles. The average molecular weight is 330 g/mol. The maximum Gasteiger partial charge on any atom is 0.355 e. The fourth-order valence-electron chi connectivity index (χ4n) is 2.61. The lowest BCUT2D eigenvalue weighted by Crippen LogP contribution is -2.37. The molecule has 0 saturated carbocycles. The van der Waals surface area contributed by atoms with Crippen LogP contribution in [0.25, 0.3) is 11.6 Å². The molecule has 7 heteroatoms. The van der Waals surface area contributed by atoms with E-state index in [0.29, 0.717) is 16.3 Å². The molecule has 4 rings (SSSR count). The van der Waals surface area contributed by atoms with E-state index in [9.17, 15) is 9.90 Å². The molecule has 1 unspecified atom stereocenters. The van der Waals surface area contributed by atoms with Gasteiger partial charge in [-0.05, 0) is 24.6 Å². The maximum atomic E-state index is 10.9. The first-order valence-electron chi connectivity index (χ1n) is 7.26. The predicted octanol–water partition coefficient (Wildman–Crippen LogP) is 2.30. The van der Waals surface area contributed by atoms with Crippen molar-refractivity contribution in [3.05, 3.63) is 39.8 Å². The van der Waals surface area contributed by atoms with E-state index in [1.165, 1.54) is 23.1 Å². The zero-order valence-electron chi connectivity index (χ0n) is 12.1. The molecule has 1 atom stereocenters. The summed E-state index contributed by atoms with van der Waals surface area (Å²) in [6.45, 7) is 2.08. The molecule has 2 aliphatic rings. The highest BCUT2D eigenvalue weighted by Gasteiger charge is 2.26. The topological polar surface area (TPSA) is 82.9 Å². The average Bonchev–Trinajstić information content (AvgIpc) is 2.94. The van der Waals surface area contributed by atoms with Crippen LogP contribution >= 0.6 is 11.3 Å². The van der Waals surface area contributed by atoms with E-state index in [1.807, 2.05) is 18.2 Å². The summed E-state index contributed by atoms with van der Waals surface area (Å²) < 4.78 is 5.61. The molecule has 0 radical (unpaired) electrons. The Labute approximate surface area is 136 Å². The van der Waals surface area contributed by atoms with Crippen LogP contribution in [0.5, 0.6) is 5.75 Å². The molecule has 1 fully saturated rings. The molecule has 0 spiro atoms. The Morgan fingerprint density at radius 1 is 1.39 bits per heavy atom. The molecule has 1 aromatic carbocycles. The Kier molecular flexibility index (Phi) is 3.32. The van der Waals surface area contributed by atoms with Gasteiger partial charge in [0.15, 0.2) is 5.69 Å². The Bertz CT molecular complexity index is 810. The minimum atomic E-state index is -1.15. The van der Waals surface area contributed by atoms with Gasteiger partial charge in [-0.15, -0.1) is 11.3 Å². The summed E-state index contributed by atoms with van der Waals surface area (Å²) in [5.41, 5.74) is 2.38. The quantitative estimate of drug-likeness (QED) is 0.898. The number of aromatic nitrogens is 1. The van der Waals surface area contributed by atoms with Gasteiger partial charge in [0.25, 0.3) is 0 Å². The number of aromatic carboxylic acids is 1. The van der Waals surface area contributed by atoms with Crippen LogP contribution < -0.4 is 9.64 Å². The maximum absolute atomic E-state index is 10.9. The fourth-order valence-corrected chi connectivity index (χ4v) is 3.43. The standard InChI is InChI=1S/C16H14N2O4S/c19-15(20)12-8-23-14(17-12)11-6-9-2-3-10(18-4-1-5-18)7-13(9)22-16(11)21/h2-3,6-8,16,21H,1,4-5H2,(H,19,20). The lowest BCUT2D eigenvalue weighted by molar-refractivity contribution is 0.0319. The number of rotatable bonds is 3. The lowest BCUT2D eigenvalue weighted by atomic mass is 10.0. The number of fused-ring (bicyclic) bond motifs is 1. The van der Waals surface area contributed by atoms with E-state index in [4.69, 9.17) is 9.84 Å². The van der Waals surface area contributed by atoms with Crippen molar-refractivity contribution in [2.45, 2.75) is 12.7 Å². The van der Waals surface area contributed by atoms with Gasteiger partial charge in [-0.2, -0.15) is 0 Å². The normalized spacial score (nSPS) is 19.4. The molecule has 23 heavy (non-hydrogen) atoms. The van der Waals surface area contributed by atoms with Crippen molar-refractivity contribution in [1.29, 1.82) is 0 Å². The molecule has 3 heterocycles. The van der Waals surface area contributed by atoms with E-state index in [2.05, 4.69) is 9.88 Å². The van der Waals surface area contributed by atoms with Crippen LogP contribution in [0.1, 0.15) is 27.5 Å². The molecular weight excluding hydrogens is 316 g/mol. The molecule has 6 nitrogen and oxygen atoms in total. The third-order valence-electron chi connectivity index (χ3n) is 4.00. The summed E-state index contributed by atoms with van der Waals surface area (Å²) in [7, 11) is 0. The highest BCUT2D eigenvalue weighted by molar-refractivity contribution is 7.11. The van der Waals surface area contributed by atoms with Crippen molar-refractivity contribution in [3.8, 4) is 5.75 Å². The molecule has 1 saturated heterocycles. The largest absolute Gasteiger partial charge is 0.476 e. The van der Waals surface area contributed by atoms with Crippen molar-refractivity contribution in [2.75, 3.05) is 18.0 Å². The van der Waals surface area contributed by atoms with Crippen LogP contribution in [0, 0.1) is 0 Å². The van der Waals surface area contributed by atoms with Crippen molar-refractivity contribution in [1.82, 2.24) is 4.98 Å². The minimum absolute atomic E-state index is 0.0305. The van der Waals surface area contributed by atoms with Crippen molar-refractivity contribution in [2.24, 2.45) is 0 Å². The molecule has 118 valence electrons. The molecule has 1 aromatic heterocycles. The number of anilines is 1. The number of carboxylic acids is 1. The monoisotopic (exact) mass is 330 g/mol. The number of ether oxygens (including phenoxy) is 1. The summed E-state index contributed by atoms with van der Waals surface area (Å²) in [4.78, 5) is 17.2. The number of carboxylic acid groups (broad SMARTS) is 1. The second-order valence-electron chi connectivity index (χ2n) is 5.48. The van der Waals surface area contributed by atoms with Gasteiger partial charge in [0.2, 0.25) is 6.29 Å². The van der Waals surface area contributed by atoms with Gasteiger partial charge in [-0.25, -0.2) is 9.78 Å². The van der Waals surface area contributed by atoms with Gasteiger partial charge < -0.3 is 19.8 Å². The number of benzene rings is 1. The van der Waals surface area contributed by atoms with Crippen LogP contribution in [-0.2, 0) is 0 Å². The first-order valence-corrected chi connectivity index (χ1v) is 8.14. The number of nitrogens with zero attached hydrogens (tertiary/aromatic N) is 2. The number of hydrogen-bond donors (Lipinski definition) is 2. The van der Waals surface area contributed by atoms with Gasteiger partial charge in [-0.3, -0.25) is 0 Å². The highest BCUT2D eigenvalue weighted by Crippen LogP contribution is 2.37. The van der Waals surface area contributed by atoms with Crippen molar-refractivity contribution < 1.29 is 19.7 Å². The fraction of sp³-hybridized carbons (Fsp3) is 0.250. The van der Waals surface area contributed by atoms with Crippen LogP contribution in [0.3, 0.4) is 0 Å². The highest BCUT2D eigenvalue weighted by atomic mass is 32.1. The Morgan fingerprint density at radius 3 is 2.87 bits per heavy atom. The zero-order chi connectivity index (χ0) is 16.0. The molecule has 0 amide bonds. The number of carbonyl (C=O) groups is 1. The lowest BCUT2D eigenvalue weighted by Gasteiger charge is -2.34. The van der Waals surface area contributed by atoms with Crippen LogP contribution in [0.4, 0.5) is 5.69 Å². The van der Waals surface area contributed by atoms with E-state index in [0.717, 1.165) is 24.3 Å². The molecule has 0 aliphatic carbocycles. The van der Waals surface area contributed by atoms with Gasteiger partial charge in [0.1, 0.15) is 10.8 Å².